The van der Waals surface area contributed by atoms with Crippen LogP contribution in [0.2, 0.25) is 0 Å². The average molecular weight is 232 g/mol. The predicted molar refractivity (Wildman–Crippen MR) is 63.3 cm³/mol. The summed E-state index contributed by atoms with van der Waals surface area (Å²) in [6, 6.07) is 7.12. The number of para-hydroxylation sites is 1. The maximum absolute atomic E-state index is 12.0. The highest BCUT2D eigenvalue weighted by Crippen LogP contribution is 2.37. The van der Waals surface area contributed by atoms with Crippen LogP contribution in [0.1, 0.15) is 37.4 Å². The van der Waals surface area contributed by atoms with Crippen LogP contribution in [-0.4, -0.2) is 16.6 Å². The molecule has 1 unspecified atom stereocenters. The van der Waals surface area contributed by atoms with Crippen LogP contribution in [0.4, 0.5) is 0 Å². The van der Waals surface area contributed by atoms with E-state index in [0.29, 0.717) is 0 Å². The second-order valence-corrected chi connectivity index (χ2v) is 4.90. The number of phenolic OH excluding ortho intramolecular Hbond substituents is 1. The topological polar surface area (TPSA) is 61.4 Å². The molecule has 3 rings (SSSR count). The van der Waals surface area contributed by atoms with Gasteiger partial charge in [-0.3, -0.25) is 10.1 Å². The van der Waals surface area contributed by atoms with Crippen molar-refractivity contribution >= 4 is 5.91 Å². The van der Waals surface area contributed by atoms with Crippen molar-refractivity contribution < 1.29 is 9.90 Å². The highest BCUT2D eigenvalue weighted by atomic mass is 16.3. The molecule has 1 aromatic carbocycles. The van der Waals surface area contributed by atoms with Gasteiger partial charge >= 0.3 is 0 Å². The lowest BCUT2D eigenvalue weighted by molar-refractivity contribution is -0.124. The van der Waals surface area contributed by atoms with E-state index in [1.165, 1.54) is 0 Å². The molecule has 3 N–H and O–H groups in total. The fourth-order valence-electron chi connectivity index (χ4n) is 2.88. The summed E-state index contributed by atoms with van der Waals surface area (Å²) in [6.45, 7) is 0. The Hall–Kier alpha value is -1.55. The zero-order chi connectivity index (χ0) is 11.9. The van der Waals surface area contributed by atoms with Gasteiger partial charge in [0.25, 0.3) is 0 Å². The number of hydrogen-bond acceptors (Lipinski definition) is 3. The molecule has 4 nitrogen and oxygen atoms in total. The number of rotatable bonds is 1. The lowest BCUT2D eigenvalue weighted by atomic mass is 9.98. The largest absolute Gasteiger partial charge is 0.508 e. The summed E-state index contributed by atoms with van der Waals surface area (Å²) in [7, 11) is 0. The third-order valence-electron chi connectivity index (χ3n) is 3.84. The van der Waals surface area contributed by atoms with Crippen molar-refractivity contribution in [1.82, 2.24) is 10.6 Å². The van der Waals surface area contributed by atoms with Gasteiger partial charge in [0, 0.05) is 5.56 Å². The summed E-state index contributed by atoms with van der Waals surface area (Å²) in [5.41, 5.74) is 0.345. The van der Waals surface area contributed by atoms with Crippen LogP contribution in [0, 0.1) is 0 Å². The van der Waals surface area contributed by atoms with E-state index < -0.39 is 5.54 Å². The third kappa shape index (κ3) is 1.60. The van der Waals surface area contributed by atoms with Crippen molar-refractivity contribution in [1.29, 1.82) is 0 Å². The zero-order valence-corrected chi connectivity index (χ0v) is 9.57. The van der Waals surface area contributed by atoms with E-state index in [1.807, 2.05) is 12.1 Å². The summed E-state index contributed by atoms with van der Waals surface area (Å²) < 4.78 is 0. The van der Waals surface area contributed by atoms with Crippen LogP contribution in [0.3, 0.4) is 0 Å². The Labute approximate surface area is 100 Å². The second-order valence-electron chi connectivity index (χ2n) is 4.90. The molecular weight excluding hydrogens is 216 g/mol. The first-order chi connectivity index (χ1) is 8.21. The molecule has 0 radical (unpaired) electrons. The fraction of sp³-hybridized carbons (Fsp3) is 0.462. The molecule has 4 heteroatoms. The Morgan fingerprint density at radius 2 is 1.94 bits per heavy atom. The molecule has 1 heterocycles. The Kier molecular flexibility index (Phi) is 2.33. The number of carbonyl (C=O) groups excluding carboxylic acids is 1. The summed E-state index contributed by atoms with van der Waals surface area (Å²) >= 11 is 0. The van der Waals surface area contributed by atoms with Crippen LogP contribution in [0.25, 0.3) is 0 Å². The lowest BCUT2D eigenvalue weighted by Gasteiger charge is -2.21. The number of carbonyl (C=O) groups is 1. The summed E-state index contributed by atoms with van der Waals surface area (Å²) in [5.74, 6) is 0.295. The Morgan fingerprint density at radius 3 is 2.65 bits per heavy atom. The summed E-state index contributed by atoms with van der Waals surface area (Å²) in [4.78, 5) is 12.0. The van der Waals surface area contributed by atoms with Crippen molar-refractivity contribution in [3.63, 3.8) is 0 Å². The molecule has 90 valence electrons. The van der Waals surface area contributed by atoms with Gasteiger partial charge in [-0.25, -0.2) is 0 Å². The highest BCUT2D eigenvalue weighted by Gasteiger charge is 2.48. The van der Waals surface area contributed by atoms with Gasteiger partial charge in [-0.2, -0.15) is 0 Å². The van der Waals surface area contributed by atoms with E-state index in [0.717, 1.165) is 31.2 Å². The summed E-state index contributed by atoms with van der Waals surface area (Å²) in [6.07, 6.45) is 3.70. The molecular formula is C13H16N2O2. The van der Waals surface area contributed by atoms with E-state index >= 15 is 0 Å². The molecule has 1 aliphatic carbocycles. The Bertz CT molecular complexity index is 452. The van der Waals surface area contributed by atoms with Gasteiger partial charge in [0.1, 0.15) is 11.9 Å². The van der Waals surface area contributed by atoms with Crippen LogP contribution >= 0.6 is 0 Å². The molecule has 2 aliphatic rings. The predicted octanol–water partition coefficient (Wildman–Crippen LogP) is 1.42. The van der Waals surface area contributed by atoms with E-state index in [9.17, 15) is 9.90 Å². The maximum Gasteiger partial charge on any atom is 0.241 e. The molecule has 17 heavy (non-hydrogen) atoms. The van der Waals surface area contributed by atoms with Crippen molar-refractivity contribution in [2.24, 2.45) is 0 Å². The van der Waals surface area contributed by atoms with Gasteiger partial charge in [0.05, 0.1) is 5.54 Å². The number of phenols is 1. The first-order valence-electron chi connectivity index (χ1n) is 6.08. The van der Waals surface area contributed by atoms with Crippen molar-refractivity contribution in [2.75, 3.05) is 0 Å². The van der Waals surface area contributed by atoms with Crippen LogP contribution in [0.15, 0.2) is 24.3 Å². The number of nitrogens with one attached hydrogen (secondary N) is 2. The van der Waals surface area contributed by atoms with Crippen molar-refractivity contribution in [2.45, 2.75) is 37.4 Å². The SMILES string of the molecule is O=C1NC(c2ccccc2O)NC12CCCC2. The number of benzene rings is 1. The second kappa shape index (κ2) is 3.74. The van der Waals surface area contributed by atoms with E-state index in [2.05, 4.69) is 10.6 Å². The van der Waals surface area contributed by atoms with Gasteiger partial charge in [-0.1, -0.05) is 31.0 Å². The van der Waals surface area contributed by atoms with Gasteiger partial charge in [-0.05, 0) is 18.9 Å². The van der Waals surface area contributed by atoms with Crippen molar-refractivity contribution in [3.05, 3.63) is 29.8 Å². The molecule has 0 aromatic heterocycles. The standard InChI is InChI=1S/C13H16N2O2/c16-10-6-2-1-5-9(10)11-14-12(17)13(15-11)7-3-4-8-13/h1-2,5-6,11,15-16H,3-4,7-8H2,(H,14,17). The molecule has 1 aliphatic heterocycles. The van der Waals surface area contributed by atoms with Crippen LogP contribution < -0.4 is 10.6 Å². The minimum absolute atomic E-state index is 0.0725. The number of aromatic hydroxyl groups is 1. The molecule has 0 bridgehead atoms. The third-order valence-corrected chi connectivity index (χ3v) is 3.84. The summed E-state index contributed by atoms with van der Waals surface area (Å²) in [5, 5.41) is 16.1. The van der Waals surface area contributed by atoms with E-state index in [4.69, 9.17) is 0 Å². The number of hydrogen-bond donors (Lipinski definition) is 3. The average Bonchev–Trinajstić information content (AvgIpc) is 2.90. The zero-order valence-electron chi connectivity index (χ0n) is 9.57. The molecule has 1 aromatic rings. The molecule has 2 fully saturated rings. The van der Waals surface area contributed by atoms with Crippen LogP contribution in [0.5, 0.6) is 5.75 Å². The van der Waals surface area contributed by atoms with Gasteiger partial charge in [0.2, 0.25) is 5.91 Å². The van der Waals surface area contributed by atoms with Gasteiger partial charge in [0.15, 0.2) is 0 Å². The molecule has 1 atom stereocenters. The van der Waals surface area contributed by atoms with Crippen LogP contribution in [-0.2, 0) is 4.79 Å². The van der Waals surface area contributed by atoms with Gasteiger partial charge in [-0.15, -0.1) is 0 Å². The minimum atomic E-state index is -0.396. The lowest BCUT2D eigenvalue weighted by Crippen LogP contribution is -2.43. The van der Waals surface area contributed by atoms with Crippen molar-refractivity contribution in [3.8, 4) is 5.75 Å². The highest BCUT2D eigenvalue weighted by molar-refractivity contribution is 5.89. The minimum Gasteiger partial charge on any atom is -0.508 e. The Morgan fingerprint density at radius 1 is 1.24 bits per heavy atom. The maximum atomic E-state index is 12.0. The Balaban J connectivity index is 1.89. The van der Waals surface area contributed by atoms with E-state index in [1.54, 1.807) is 12.1 Å². The molecule has 1 spiro atoms. The molecule has 1 saturated heterocycles. The fourth-order valence-corrected chi connectivity index (χ4v) is 2.88. The van der Waals surface area contributed by atoms with E-state index in [-0.39, 0.29) is 17.8 Å². The molecule has 1 saturated carbocycles. The normalized spacial score (nSPS) is 26.4. The smallest absolute Gasteiger partial charge is 0.241 e. The quantitative estimate of drug-likeness (QED) is 0.686. The molecule has 1 amide bonds. The number of amides is 1. The van der Waals surface area contributed by atoms with Gasteiger partial charge < -0.3 is 10.4 Å². The first-order valence-corrected chi connectivity index (χ1v) is 6.08. The first kappa shape index (κ1) is 10.6. The monoisotopic (exact) mass is 232 g/mol.